The van der Waals surface area contributed by atoms with Gasteiger partial charge in [-0.3, -0.25) is 0 Å². The van der Waals surface area contributed by atoms with Crippen molar-refractivity contribution in [1.29, 1.82) is 0 Å². The number of anilines is 1. The minimum absolute atomic E-state index is 0.789. The molecule has 1 heterocycles. The Balaban J connectivity index is 2.25. The third-order valence-corrected chi connectivity index (χ3v) is 2.83. The fourth-order valence-corrected chi connectivity index (χ4v) is 2.27. The van der Waals surface area contributed by atoms with Crippen molar-refractivity contribution in [3.8, 4) is 0 Å². The van der Waals surface area contributed by atoms with E-state index in [1.165, 1.54) is 22.4 Å². The van der Waals surface area contributed by atoms with Gasteiger partial charge in [0.25, 0.3) is 0 Å². The van der Waals surface area contributed by atoms with E-state index < -0.39 is 0 Å². The van der Waals surface area contributed by atoms with E-state index in [4.69, 9.17) is 0 Å². The molecule has 1 aromatic rings. The van der Waals surface area contributed by atoms with Crippen LogP contribution in [0.15, 0.2) is 37.2 Å². The maximum absolute atomic E-state index is 3.73. The Labute approximate surface area is 104 Å². The van der Waals surface area contributed by atoms with Crippen LogP contribution in [0.2, 0.25) is 0 Å². The summed E-state index contributed by atoms with van der Waals surface area (Å²) in [6.45, 7) is 14.2. The number of rotatable bonds is 3. The molecule has 1 aliphatic rings. The summed E-state index contributed by atoms with van der Waals surface area (Å²) >= 11 is 0. The van der Waals surface area contributed by atoms with E-state index >= 15 is 0 Å². The van der Waals surface area contributed by atoms with Crippen molar-refractivity contribution in [1.82, 2.24) is 4.90 Å². The molecule has 17 heavy (non-hydrogen) atoms. The van der Waals surface area contributed by atoms with E-state index in [1.54, 1.807) is 0 Å². The van der Waals surface area contributed by atoms with Gasteiger partial charge in [-0.15, -0.1) is 6.58 Å². The van der Waals surface area contributed by atoms with Gasteiger partial charge in [-0.25, -0.2) is 0 Å². The summed E-state index contributed by atoms with van der Waals surface area (Å²) < 4.78 is 0. The van der Waals surface area contributed by atoms with Crippen LogP contribution >= 0.6 is 0 Å². The highest BCUT2D eigenvalue weighted by molar-refractivity contribution is 5.63. The summed E-state index contributed by atoms with van der Waals surface area (Å²) in [4.78, 5) is 4.04. The predicted molar refractivity (Wildman–Crippen MR) is 72.4 cm³/mol. The average molecular weight is 226 g/mol. The first kappa shape index (κ1) is 11.8. The number of hydrogen-bond acceptors (Lipinski definition) is 2. The second-order valence-electron chi connectivity index (χ2n) is 4.46. The highest BCUT2D eigenvalue weighted by Crippen LogP contribution is 2.30. The van der Waals surface area contributed by atoms with Crippen LogP contribution in [0.5, 0.6) is 0 Å². The zero-order valence-electron chi connectivity index (χ0n) is 10.7. The third-order valence-electron chi connectivity index (χ3n) is 2.83. The molecular formula is C15H18N2. The van der Waals surface area contributed by atoms with Gasteiger partial charge in [0.15, 0.2) is 0 Å². The van der Waals surface area contributed by atoms with Crippen LogP contribution in [-0.4, -0.2) is 11.4 Å². The Morgan fingerprint density at radius 2 is 1.82 bits per heavy atom. The molecule has 2 heteroatoms. The smallest absolute Gasteiger partial charge is 0.213 e. The molecule has 0 bridgehead atoms. The number of nitrogens with zero attached hydrogens (tertiary/aromatic N) is 2. The Morgan fingerprint density at radius 1 is 1.18 bits per heavy atom. The quantitative estimate of drug-likeness (QED) is 0.729. The van der Waals surface area contributed by atoms with Crippen molar-refractivity contribution < 1.29 is 0 Å². The lowest BCUT2D eigenvalue weighted by atomic mass is 10.0. The highest BCUT2D eigenvalue weighted by Gasteiger charge is 2.18. The van der Waals surface area contributed by atoms with Gasteiger partial charge in [-0.05, 0) is 31.9 Å². The summed E-state index contributed by atoms with van der Waals surface area (Å²) in [5.74, 6) is 0. The molecule has 88 valence electrons. The van der Waals surface area contributed by atoms with Gasteiger partial charge in [0.05, 0.1) is 0 Å². The summed E-state index contributed by atoms with van der Waals surface area (Å²) in [5.41, 5.74) is 5.08. The first-order valence-electron chi connectivity index (χ1n) is 5.81. The van der Waals surface area contributed by atoms with Crippen molar-refractivity contribution in [2.24, 2.45) is 0 Å². The minimum Gasteiger partial charge on any atom is -0.342 e. The molecule has 0 unspecified atom stereocenters. The van der Waals surface area contributed by atoms with Crippen molar-refractivity contribution in [3.05, 3.63) is 60.5 Å². The van der Waals surface area contributed by atoms with Crippen molar-refractivity contribution >= 4 is 5.69 Å². The van der Waals surface area contributed by atoms with E-state index in [0.29, 0.717) is 0 Å². The van der Waals surface area contributed by atoms with Gasteiger partial charge in [0.2, 0.25) is 6.67 Å². The summed E-state index contributed by atoms with van der Waals surface area (Å²) in [6.07, 6.45) is 5.92. The first-order chi connectivity index (χ1) is 8.11. The fraction of sp³-hybridized carbons (Fsp3) is 0.267. The van der Waals surface area contributed by atoms with Crippen LogP contribution in [0, 0.1) is 27.4 Å². The molecule has 1 aromatic carbocycles. The topological polar surface area (TPSA) is 6.48 Å². The molecule has 0 aromatic heterocycles. The van der Waals surface area contributed by atoms with Crippen molar-refractivity contribution in [3.63, 3.8) is 0 Å². The normalized spacial score (nSPS) is 14.5. The summed E-state index contributed by atoms with van der Waals surface area (Å²) in [6, 6.07) is 4.40. The molecule has 2 nitrogen and oxygen atoms in total. The van der Waals surface area contributed by atoms with Crippen molar-refractivity contribution in [2.75, 3.05) is 11.4 Å². The Kier molecular flexibility index (Phi) is 3.23. The Hall–Kier alpha value is -1.70. The van der Waals surface area contributed by atoms with E-state index in [2.05, 4.69) is 46.2 Å². The molecule has 0 N–H and O–H groups in total. The van der Waals surface area contributed by atoms with Gasteiger partial charge < -0.3 is 9.80 Å². The van der Waals surface area contributed by atoms with Crippen molar-refractivity contribution in [2.45, 2.75) is 20.8 Å². The van der Waals surface area contributed by atoms with Crippen LogP contribution in [0.3, 0.4) is 0 Å². The number of hydrogen-bond donors (Lipinski definition) is 0. The second-order valence-corrected chi connectivity index (χ2v) is 4.46. The van der Waals surface area contributed by atoms with Crippen LogP contribution in [0.1, 0.15) is 16.7 Å². The van der Waals surface area contributed by atoms with E-state index in [9.17, 15) is 0 Å². The second kappa shape index (κ2) is 4.66. The zero-order valence-corrected chi connectivity index (χ0v) is 10.7. The van der Waals surface area contributed by atoms with Crippen LogP contribution in [-0.2, 0) is 0 Å². The molecule has 0 amide bonds. The number of aryl methyl sites for hydroxylation is 3. The van der Waals surface area contributed by atoms with Crippen LogP contribution in [0.4, 0.5) is 5.69 Å². The summed E-state index contributed by atoms with van der Waals surface area (Å²) in [5, 5.41) is 0. The maximum Gasteiger partial charge on any atom is 0.213 e. The maximum atomic E-state index is 3.73. The Bertz CT molecular complexity index is 437. The average Bonchev–Trinajstić information content (AvgIpc) is 2.65. The summed E-state index contributed by atoms with van der Waals surface area (Å²) in [7, 11) is 0. The molecule has 0 atom stereocenters. The Morgan fingerprint density at radius 3 is 2.41 bits per heavy atom. The van der Waals surface area contributed by atoms with Crippen LogP contribution < -0.4 is 4.90 Å². The van der Waals surface area contributed by atoms with Gasteiger partial charge in [-0.1, -0.05) is 23.8 Å². The molecule has 2 radical (unpaired) electrons. The van der Waals surface area contributed by atoms with Gasteiger partial charge >= 0.3 is 0 Å². The standard InChI is InChI=1S/C15H18N2/c1-5-6-16-7-8-17(11-16)15-13(3)9-12(2)10-14(15)4/h5,7-10H,1,6H2,2-4H3. The lowest BCUT2D eigenvalue weighted by molar-refractivity contribution is 0.521. The lowest BCUT2D eigenvalue weighted by Gasteiger charge is -2.22. The molecule has 1 aliphatic heterocycles. The highest BCUT2D eigenvalue weighted by atomic mass is 15.3. The third kappa shape index (κ3) is 2.36. The minimum atomic E-state index is 0.789. The molecular weight excluding hydrogens is 208 g/mol. The lowest BCUT2D eigenvalue weighted by Crippen LogP contribution is -2.20. The van der Waals surface area contributed by atoms with Gasteiger partial charge in [-0.2, -0.15) is 0 Å². The molecule has 0 saturated carbocycles. The van der Waals surface area contributed by atoms with Gasteiger partial charge in [0.1, 0.15) is 0 Å². The van der Waals surface area contributed by atoms with E-state index in [0.717, 1.165) is 6.54 Å². The first-order valence-corrected chi connectivity index (χ1v) is 5.81. The van der Waals surface area contributed by atoms with E-state index in [-0.39, 0.29) is 0 Å². The largest absolute Gasteiger partial charge is 0.342 e. The number of benzene rings is 1. The molecule has 0 aliphatic carbocycles. The van der Waals surface area contributed by atoms with Gasteiger partial charge in [0, 0.05) is 24.6 Å². The zero-order chi connectivity index (χ0) is 12.4. The molecule has 0 fully saturated rings. The fourth-order valence-electron chi connectivity index (χ4n) is 2.27. The predicted octanol–water partition coefficient (Wildman–Crippen LogP) is 3.39. The molecule has 2 rings (SSSR count). The van der Waals surface area contributed by atoms with E-state index in [1.807, 2.05) is 28.3 Å². The van der Waals surface area contributed by atoms with Crippen LogP contribution in [0.25, 0.3) is 0 Å². The SMILES string of the molecule is C=CCN1[C]N(c2c(C)cc(C)cc2C)C=C1. The molecule has 0 spiro atoms. The monoisotopic (exact) mass is 226 g/mol. The molecule has 0 saturated heterocycles.